The molecule has 3 aromatic rings. The Bertz CT molecular complexity index is 1160. The van der Waals surface area contributed by atoms with E-state index >= 15 is 0 Å². The standard InChI is InChI=1S/C23H25N5O2/c1-5-18-14(2)22(24)28(27-18)23-17-9-7-6-8-15(17)12-19(25-26-23)16-10-11-20(29-3)21(13-16)30-4/h6-11,13H,5,12,24H2,1-4H3. The van der Waals surface area contributed by atoms with Gasteiger partial charge in [0.2, 0.25) is 0 Å². The molecule has 0 radical (unpaired) electrons. The molecule has 4 rings (SSSR count). The van der Waals surface area contributed by atoms with Gasteiger partial charge in [0, 0.05) is 23.1 Å². The van der Waals surface area contributed by atoms with Crippen LogP contribution in [0.15, 0.2) is 52.7 Å². The number of nitrogens with two attached hydrogens (primary N) is 1. The summed E-state index contributed by atoms with van der Waals surface area (Å²) < 4.78 is 12.5. The SMILES string of the molecule is CCc1nn(C2=NN=C(c3ccc(OC)c(OC)c3)Cc3ccccc32)c(N)c1C. The third-order valence-electron chi connectivity index (χ3n) is 5.40. The van der Waals surface area contributed by atoms with Crippen LogP contribution in [0.3, 0.4) is 0 Å². The maximum absolute atomic E-state index is 6.37. The number of fused-ring (bicyclic) bond motifs is 1. The van der Waals surface area contributed by atoms with Crippen LogP contribution in [0.4, 0.5) is 5.82 Å². The summed E-state index contributed by atoms with van der Waals surface area (Å²) in [7, 11) is 3.24. The first-order chi connectivity index (χ1) is 14.6. The molecule has 0 aliphatic carbocycles. The molecule has 0 fully saturated rings. The molecule has 30 heavy (non-hydrogen) atoms. The molecule has 0 amide bonds. The monoisotopic (exact) mass is 403 g/mol. The normalized spacial score (nSPS) is 13.2. The zero-order chi connectivity index (χ0) is 21.3. The van der Waals surface area contributed by atoms with Crippen molar-refractivity contribution in [3.05, 3.63) is 70.4 Å². The Labute approximate surface area is 175 Å². The fraction of sp³-hybridized carbons (Fsp3) is 0.261. The summed E-state index contributed by atoms with van der Waals surface area (Å²) in [5.74, 6) is 2.54. The summed E-state index contributed by atoms with van der Waals surface area (Å²) in [5.41, 5.74) is 12.1. The second-order valence-electron chi connectivity index (χ2n) is 7.10. The highest BCUT2D eigenvalue weighted by molar-refractivity contribution is 6.09. The topological polar surface area (TPSA) is 87.0 Å². The minimum Gasteiger partial charge on any atom is -0.493 e. The molecule has 154 valence electrons. The fourth-order valence-corrected chi connectivity index (χ4v) is 3.66. The highest BCUT2D eigenvalue weighted by Crippen LogP contribution is 2.29. The molecule has 0 atom stereocenters. The van der Waals surface area contributed by atoms with Crippen molar-refractivity contribution in [2.75, 3.05) is 20.0 Å². The van der Waals surface area contributed by atoms with E-state index in [2.05, 4.69) is 23.2 Å². The van der Waals surface area contributed by atoms with E-state index in [1.165, 1.54) is 0 Å². The molecule has 0 bridgehead atoms. The number of hydrogen-bond acceptors (Lipinski definition) is 6. The van der Waals surface area contributed by atoms with Gasteiger partial charge in [0.1, 0.15) is 5.82 Å². The molecular weight excluding hydrogens is 378 g/mol. The van der Waals surface area contributed by atoms with Crippen LogP contribution in [0.5, 0.6) is 11.5 Å². The first-order valence-electron chi connectivity index (χ1n) is 9.86. The average molecular weight is 403 g/mol. The van der Waals surface area contributed by atoms with Crippen molar-refractivity contribution in [3.63, 3.8) is 0 Å². The first kappa shape index (κ1) is 19.7. The molecule has 0 spiro atoms. The number of rotatable bonds is 4. The minimum atomic E-state index is 0.588. The van der Waals surface area contributed by atoms with Gasteiger partial charge in [-0.2, -0.15) is 14.9 Å². The van der Waals surface area contributed by atoms with Gasteiger partial charge < -0.3 is 15.2 Å². The van der Waals surface area contributed by atoms with E-state index in [9.17, 15) is 0 Å². The Kier molecular flexibility index (Phi) is 5.27. The molecule has 0 unspecified atom stereocenters. The van der Waals surface area contributed by atoms with Gasteiger partial charge >= 0.3 is 0 Å². The number of hydrogen-bond donors (Lipinski definition) is 1. The Balaban J connectivity index is 1.86. The fourth-order valence-electron chi connectivity index (χ4n) is 3.66. The number of anilines is 1. The number of aromatic nitrogens is 2. The average Bonchev–Trinajstić information content (AvgIpc) is 2.95. The predicted molar refractivity (Wildman–Crippen MR) is 119 cm³/mol. The lowest BCUT2D eigenvalue weighted by Crippen LogP contribution is -2.18. The van der Waals surface area contributed by atoms with Gasteiger partial charge in [0.15, 0.2) is 17.3 Å². The number of nitrogens with zero attached hydrogens (tertiary/aromatic N) is 4. The Morgan fingerprint density at radius 1 is 1.03 bits per heavy atom. The van der Waals surface area contributed by atoms with Crippen LogP contribution in [0.25, 0.3) is 0 Å². The molecule has 0 saturated heterocycles. The maximum atomic E-state index is 6.37. The van der Waals surface area contributed by atoms with Gasteiger partial charge in [0.05, 0.1) is 25.6 Å². The third kappa shape index (κ3) is 3.32. The van der Waals surface area contributed by atoms with Crippen LogP contribution in [0, 0.1) is 6.92 Å². The number of benzene rings is 2. The Morgan fingerprint density at radius 2 is 1.80 bits per heavy atom. The van der Waals surface area contributed by atoms with Gasteiger partial charge in [-0.05, 0) is 37.1 Å². The van der Waals surface area contributed by atoms with E-state index in [0.29, 0.717) is 29.6 Å². The summed E-state index contributed by atoms with van der Waals surface area (Å²) in [6.45, 7) is 4.05. The van der Waals surface area contributed by atoms with Crippen LogP contribution < -0.4 is 15.2 Å². The quantitative estimate of drug-likeness (QED) is 0.721. The highest BCUT2D eigenvalue weighted by Gasteiger charge is 2.22. The summed E-state index contributed by atoms with van der Waals surface area (Å²) in [6, 6.07) is 13.9. The van der Waals surface area contributed by atoms with Crippen LogP contribution in [0.2, 0.25) is 0 Å². The number of ether oxygens (including phenoxy) is 2. The molecular formula is C23H25N5O2. The summed E-state index contributed by atoms with van der Waals surface area (Å²) in [5, 5.41) is 13.9. The van der Waals surface area contributed by atoms with Crippen LogP contribution in [-0.2, 0) is 12.8 Å². The number of aryl methyl sites for hydroxylation is 1. The molecule has 0 saturated carbocycles. The van der Waals surface area contributed by atoms with E-state index < -0.39 is 0 Å². The van der Waals surface area contributed by atoms with Gasteiger partial charge in [-0.1, -0.05) is 31.2 Å². The molecule has 1 aromatic heterocycles. The van der Waals surface area contributed by atoms with Crippen molar-refractivity contribution in [1.82, 2.24) is 9.78 Å². The molecule has 2 heterocycles. The Morgan fingerprint density at radius 3 is 2.50 bits per heavy atom. The van der Waals surface area contributed by atoms with Crippen molar-refractivity contribution < 1.29 is 9.47 Å². The third-order valence-corrected chi connectivity index (χ3v) is 5.40. The Hall–Kier alpha value is -3.61. The van der Waals surface area contributed by atoms with Gasteiger partial charge in [0.25, 0.3) is 0 Å². The molecule has 2 aromatic carbocycles. The minimum absolute atomic E-state index is 0.588. The number of nitrogen functional groups attached to an aromatic ring is 1. The van der Waals surface area contributed by atoms with Gasteiger partial charge in [-0.3, -0.25) is 0 Å². The molecule has 7 nitrogen and oxygen atoms in total. The lowest BCUT2D eigenvalue weighted by atomic mass is 9.97. The highest BCUT2D eigenvalue weighted by atomic mass is 16.5. The zero-order valence-corrected chi connectivity index (χ0v) is 17.6. The molecule has 1 aliphatic heterocycles. The second-order valence-corrected chi connectivity index (χ2v) is 7.10. The van der Waals surface area contributed by atoms with Crippen molar-refractivity contribution in [1.29, 1.82) is 0 Å². The lowest BCUT2D eigenvalue weighted by Gasteiger charge is -2.11. The molecule has 7 heteroatoms. The second kappa shape index (κ2) is 8.02. The smallest absolute Gasteiger partial charge is 0.185 e. The predicted octanol–water partition coefficient (Wildman–Crippen LogP) is 3.61. The largest absolute Gasteiger partial charge is 0.493 e. The van der Waals surface area contributed by atoms with E-state index in [1.807, 2.05) is 43.3 Å². The van der Waals surface area contributed by atoms with Crippen molar-refractivity contribution >= 4 is 17.4 Å². The van der Waals surface area contributed by atoms with E-state index in [1.54, 1.807) is 18.9 Å². The molecule has 1 aliphatic rings. The zero-order valence-electron chi connectivity index (χ0n) is 17.6. The van der Waals surface area contributed by atoms with Gasteiger partial charge in [-0.25, -0.2) is 0 Å². The van der Waals surface area contributed by atoms with Crippen LogP contribution in [-0.4, -0.2) is 35.5 Å². The van der Waals surface area contributed by atoms with Crippen LogP contribution in [0.1, 0.15) is 34.9 Å². The van der Waals surface area contributed by atoms with Crippen LogP contribution >= 0.6 is 0 Å². The first-order valence-corrected chi connectivity index (χ1v) is 9.86. The maximum Gasteiger partial charge on any atom is 0.185 e. The van der Waals surface area contributed by atoms with Crippen molar-refractivity contribution in [2.45, 2.75) is 26.7 Å². The summed E-state index contributed by atoms with van der Waals surface area (Å²) in [4.78, 5) is 0. The van der Waals surface area contributed by atoms with Crippen molar-refractivity contribution in [3.8, 4) is 11.5 Å². The molecule has 2 N–H and O–H groups in total. The lowest BCUT2D eigenvalue weighted by molar-refractivity contribution is 0.355. The summed E-state index contributed by atoms with van der Waals surface area (Å²) >= 11 is 0. The number of methoxy groups -OCH3 is 2. The van der Waals surface area contributed by atoms with Crippen molar-refractivity contribution in [2.24, 2.45) is 10.2 Å². The summed E-state index contributed by atoms with van der Waals surface area (Å²) in [6.07, 6.45) is 1.43. The van der Waals surface area contributed by atoms with E-state index in [0.717, 1.165) is 40.1 Å². The van der Waals surface area contributed by atoms with E-state index in [4.69, 9.17) is 20.3 Å². The van der Waals surface area contributed by atoms with Gasteiger partial charge in [-0.15, -0.1) is 5.10 Å². The van der Waals surface area contributed by atoms with E-state index in [-0.39, 0.29) is 0 Å².